The van der Waals surface area contributed by atoms with E-state index in [-0.39, 0.29) is 23.9 Å². The van der Waals surface area contributed by atoms with Crippen LogP contribution in [-0.2, 0) is 11.2 Å². The van der Waals surface area contributed by atoms with Gasteiger partial charge in [0.15, 0.2) is 5.78 Å². The zero-order valence-corrected chi connectivity index (χ0v) is 10.8. The molecule has 0 N–H and O–H groups in total. The maximum absolute atomic E-state index is 11.9. The molecule has 1 aromatic carbocycles. The van der Waals surface area contributed by atoms with Crippen LogP contribution in [0.25, 0.3) is 0 Å². The molecule has 0 bridgehead atoms. The normalized spacial score (nSPS) is 12.2. The summed E-state index contributed by atoms with van der Waals surface area (Å²) in [4.78, 5) is 23.6. The summed E-state index contributed by atoms with van der Waals surface area (Å²) in [5, 5.41) is 0. The Labute approximate surface area is 103 Å². The Hall–Kier alpha value is -1.44. The average Bonchev–Trinajstić information content (AvgIpc) is 2.37. The molecular weight excluding hydrogens is 212 g/mol. The molecule has 1 rings (SSSR count). The number of rotatable bonds is 6. The summed E-state index contributed by atoms with van der Waals surface area (Å²) in [7, 11) is 0. The highest BCUT2D eigenvalue weighted by Gasteiger charge is 2.16. The van der Waals surface area contributed by atoms with Gasteiger partial charge in [-0.3, -0.25) is 9.59 Å². The summed E-state index contributed by atoms with van der Waals surface area (Å²) in [5.41, 5.74) is 1.79. The van der Waals surface area contributed by atoms with Gasteiger partial charge in [-0.15, -0.1) is 0 Å². The fourth-order valence-corrected chi connectivity index (χ4v) is 1.63. The van der Waals surface area contributed by atoms with Crippen LogP contribution in [0.15, 0.2) is 24.3 Å². The maximum Gasteiger partial charge on any atom is 0.170 e. The van der Waals surface area contributed by atoms with Crippen molar-refractivity contribution in [1.82, 2.24) is 0 Å². The highest BCUT2D eigenvalue weighted by atomic mass is 16.1. The van der Waals surface area contributed by atoms with Gasteiger partial charge in [-0.1, -0.05) is 39.0 Å². The summed E-state index contributed by atoms with van der Waals surface area (Å²) in [6.07, 6.45) is 1.73. The van der Waals surface area contributed by atoms with E-state index in [1.165, 1.54) is 0 Å². The molecule has 2 heteroatoms. The number of aryl methyl sites for hydroxylation is 1. The molecule has 1 atom stereocenters. The van der Waals surface area contributed by atoms with Crippen LogP contribution in [0.4, 0.5) is 0 Å². The van der Waals surface area contributed by atoms with E-state index in [9.17, 15) is 9.59 Å². The molecule has 0 saturated carbocycles. The number of Topliss-reactive ketones (excluding diaryl/α,β-unsaturated/α-hetero) is 2. The fourth-order valence-electron chi connectivity index (χ4n) is 1.63. The minimum Gasteiger partial charge on any atom is -0.299 e. The van der Waals surface area contributed by atoms with Crippen molar-refractivity contribution < 1.29 is 9.59 Å². The number of ketones is 2. The minimum absolute atomic E-state index is 0.0201. The largest absolute Gasteiger partial charge is 0.299 e. The Bertz CT molecular complexity index is 407. The lowest BCUT2D eigenvalue weighted by atomic mass is 9.96. The molecule has 0 spiro atoms. The third-order valence-corrected chi connectivity index (χ3v) is 3.15. The number of benzene rings is 1. The van der Waals surface area contributed by atoms with Crippen LogP contribution in [0.5, 0.6) is 0 Å². The molecule has 0 aliphatic rings. The standard InChI is InChI=1S/C15H20O2/c1-4-11(3)14(16)10-15(17)13-8-6-7-12(5-2)9-13/h6-9,11H,4-5,10H2,1-3H3. The first kappa shape index (κ1) is 13.6. The molecule has 2 nitrogen and oxygen atoms in total. The quantitative estimate of drug-likeness (QED) is 0.556. The maximum atomic E-state index is 11.9. The van der Waals surface area contributed by atoms with Crippen LogP contribution in [0.2, 0.25) is 0 Å². The van der Waals surface area contributed by atoms with Crippen molar-refractivity contribution >= 4 is 11.6 Å². The molecule has 17 heavy (non-hydrogen) atoms. The van der Waals surface area contributed by atoms with Gasteiger partial charge in [0.2, 0.25) is 0 Å². The molecule has 0 aliphatic heterocycles. The summed E-state index contributed by atoms with van der Waals surface area (Å²) in [6, 6.07) is 7.53. The van der Waals surface area contributed by atoms with Crippen molar-refractivity contribution in [2.45, 2.75) is 40.0 Å². The van der Waals surface area contributed by atoms with Gasteiger partial charge < -0.3 is 0 Å². The highest BCUT2D eigenvalue weighted by Crippen LogP contribution is 2.12. The van der Waals surface area contributed by atoms with E-state index in [0.29, 0.717) is 5.56 Å². The van der Waals surface area contributed by atoms with E-state index in [2.05, 4.69) is 0 Å². The highest BCUT2D eigenvalue weighted by molar-refractivity contribution is 6.08. The predicted octanol–water partition coefficient (Wildman–Crippen LogP) is 3.44. The van der Waals surface area contributed by atoms with Crippen molar-refractivity contribution in [2.75, 3.05) is 0 Å². The monoisotopic (exact) mass is 232 g/mol. The molecule has 0 radical (unpaired) electrons. The number of carbonyl (C=O) groups excluding carboxylic acids is 2. The van der Waals surface area contributed by atoms with Crippen LogP contribution in [0.1, 0.15) is 49.5 Å². The second-order valence-corrected chi connectivity index (χ2v) is 4.43. The van der Waals surface area contributed by atoms with Crippen molar-refractivity contribution in [1.29, 1.82) is 0 Å². The summed E-state index contributed by atoms with van der Waals surface area (Å²) in [6.45, 7) is 5.89. The Morgan fingerprint density at radius 2 is 1.94 bits per heavy atom. The van der Waals surface area contributed by atoms with Crippen molar-refractivity contribution in [2.24, 2.45) is 5.92 Å². The zero-order chi connectivity index (χ0) is 12.8. The van der Waals surface area contributed by atoms with E-state index in [1.54, 1.807) is 6.07 Å². The number of hydrogen-bond acceptors (Lipinski definition) is 2. The van der Waals surface area contributed by atoms with Crippen molar-refractivity contribution in [3.8, 4) is 0 Å². The van der Waals surface area contributed by atoms with Crippen LogP contribution in [0, 0.1) is 5.92 Å². The SMILES string of the molecule is CCc1cccc(C(=O)CC(=O)C(C)CC)c1. The lowest BCUT2D eigenvalue weighted by molar-refractivity contribution is -0.121. The van der Waals surface area contributed by atoms with E-state index in [1.807, 2.05) is 39.0 Å². The summed E-state index contributed by atoms with van der Waals surface area (Å²) < 4.78 is 0. The Morgan fingerprint density at radius 1 is 1.24 bits per heavy atom. The second-order valence-electron chi connectivity index (χ2n) is 4.43. The van der Waals surface area contributed by atoms with Crippen molar-refractivity contribution in [3.63, 3.8) is 0 Å². The lowest BCUT2D eigenvalue weighted by Crippen LogP contribution is -2.15. The van der Waals surface area contributed by atoms with E-state index >= 15 is 0 Å². The molecule has 0 heterocycles. The molecule has 0 fully saturated rings. The third kappa shape index (κ3) is 3.81. The van der Waals surface area contributed by atoms with Gasteiger partial charge in [0, 0.05) is 11.5 Å². The van der Waals surface area contributed by atoms with E-state index < -0.39 is 0 Å². The van der Waals surface area contributed by atoms with Gasteiger partial charge in [0.25, 0.3) is 0 Å². The first-order valence-corrected chi connectivity index (χ1v) is 6.23. The zero-order valence-electron chi connectivity index (χ0n) is 10.8. The predicted molar refractivity (Wildman–Crippen MR) is 69.2 cm³/mol. The smallest absolute Gasteiger partial charge is 0.170 e. The van der Waals surface area contributed by atoms with Gasteiger partial charge in [-0.2, -0.15) is 0 Å². The van der Waals surface area contributed by atoms with Crippen LogP contribution < -0.4 is 0 Å². The molecule has 0 aliphatic carbocycles. The van der Waals surface area contributed by atoms with Gasteiger partial charge in [-0.05, 0) is 24.5 Å². The Kier molecular flexibility index (Phi) is 5.08. The van der Waals surface area contributed by atoms with Crippen LogP contribution in [0.3, 0.4) is 0 Å². The van der Waals surface area contributed by atoms with Gasteiger partial charge in [-0.25, -0.2) is 0 Å². The molecule has 0 aromatic heterocycles. The average molecular weight is 232 g/mol. The number of carbonyl (C=O) groups is 2. The van der Waals surface area contributed by atoms with Crippen LogP contribution in [-0.4, -0.2) is 11.6 Å². The third-order valence-electron chi connectivity index (χ3n) is 3.15. The van der Waals surface area contributed by atoms with Crippen LogP contribution >= 0.6 is 0 Å². The summed E-state index contributed by atoms with van der Waals surface area (Å²) >= 11 is 0. The topological polar surface area (TPSA) is 34.1 Å². The molecule has 1 aromatic rings. The molecule has 1 unspecified atom stereocenters. The molecule has 92 valence electrons. The Morgan fingerprint density at radius 3 is 2.53 bits per heavy atom. The fraction of sp³-hybridized carbons (Fsp3) is 0.467. The molecule has 0 saturated heterocycles. The number of hydrogen-bond donors (Lipinski definition) is 0. The Balaban J connectivity index is 2.73. The van der Waals surface area contributed by atoms with Gasteiger partial charge in [0.05, 0.1) is 6.42 Å². The lowest BCUT2D eigenvalue weighted by Gasteiger charge is -2.07. The minimum atomic E-state index is -0.0643. The summed E-state index contributed by atoms with van der Waals surface area (Å²) in [5.74, 6) is -0.0432. The van der Waals surface area contributed by atoms with E-state index in [0.717, 1.165) is 18.4 Å². The molecular formula is C15H20O2. The van der Waals surface area contributed by atoms with E-state index in [4.69, 9.17) is 0 Å². The first-order chi connectivity index (χ1) is 8.08. The second kappa shape index (κ2) is 6.33. The van der Waals surface area contributed by atoms with Gasteiger partial charge in [0.1, 0.15) is 5.78 Å². The van der Waals surface area contributed by atoms with Crippen molar-refractivity contribution in [3.05, 3.63) is 35.4 Å². The van der Waals surface area contributed by atoms with Gasteiger partial charge >= 0.3 is 0 Å². The first-order valence-electron chi connectivity index (χ1n) is 6.23. The molecule has 0 amide bonds.